The molecule has 1 amide bonds. The summed E-state index contributed by atoms with van der Waals surface area (Å²) in [6.45, 7) is 1.96. The predicted molar refractivity (Wildman–Crippen MR) is 57.4 cm³/mol. The highest BCUT2D eigenvalue weighted by atomic mass is 16.4. The maximum atomic E-state index is 11.3. The summed E-state index contributed by atoms with van der Waals surface area (Å²) >= 11 is 0. The molecule has 4 nitrogen and oxygen atoms in total. The van der Waals surface area contributed by atoms with Gasteiger partial charge in [0.25, 0.3) is 0 Å². The molecular weight excluding hydrogens is 192 g/mol. The van der Waals surface area contributed by atoms with Gasteiger partial charge in [0.05, 0.1) is 5.71 Å². The molecule has 78 valence electrons. The summed E-state index contributed by atoms with van der Waals surface area (Å²) in [6.07, 6.45) is 0.825. The van der Waals surface area contributed by atoms with Crippen LogP contribution in [0.5, 0.6) is 0 Å². The number of benzene rings is 1. The lowest BCUT2D eigenvalue weighted by atomic mass is 10.0. The van der Waals surface area contributed by atoms with Crippen LogP contribution in [0.3, 0.4) is 0 Å². The van der Waals surface area contributed by atoms with Crippen molar-refractivity contribution in [1.82, 2.24) is 0 Å². The largest absolute Gasteiger partial charge is 0.411 e. The van der Waals surface area contributed by atoms with Crippen LogP contribution in [0.1, 0.15) is 24.0 Å². The van der Waals surface area contributed by atoms with Gasteiger partial charge in [-0.05, 0) is 19.1 Å². The fourth-order valence-corrected chi connectivity index (χ4v) is 1.69. The van der Waals surface area contributed by atoms with Crippen LogP contribution in [0.2, 0.25) is 0 Å². The van der Waals surface area contributed by atoms with Gasteiger partial charge in [0, 0.05) is 24.1 Å². The molecule has 0 bridgehead atoms. The Morgan fingerprint density at radius 1 is 1.40 bits per heavy atom. The molecule has 0 aromatic heterocycles. The van der Waals surface area contributed by atoms with Gasteiger partial charge < -0.3 is 10.5 Å². The van der Waals surface area contributed by atoms with E-state index in [-0.39, 0.29) is 5.91 Å². The predicted octanol–water partition coefficient (Wildman–Crippen LogP) is 1.91. The Morgan fingerprint density at radius 3 is 2.93 bits per heavy atom. The van der Waals surface area contributed by atoms with Crippen LogP contribution in [0.15, 0.2) is 23.4 Å². The van der Waals surface area contributed by atoms with Crippen molar-refractivity contribution >= 4 is 17.3 Å². The molecule has 0 spiro atoms. The normalized spacial score (nSPS) is 18.2. The summed E-state index contributed by atoms with van der Waals surface area (Å²) in [4.78, 5) is 11.3. The molecule has 0 fully saturated rings. The molecule has 1 heterocycles. The topological polar surface area (TPSA) is 61.7 Å². The highest BCUT2D eigenvalue weighted by Crippen LogP contribution is 2.23. The maximum Gasteiger partial charge on any atom is 0.224 e. The Hall–Kier alpha value is -1.84. The van der Waals surface area contributed by atoms with Crippen LogP contribution in [0.4, 0.5) is 5.69 Å². The number of carbonyl (C=O) groups excluding carboxylic acids is 1. The molecule has 0 unspecified atom stereocenters. The minimum Gasteiger partial charge on any atom is -0.411 e. The first kappa shape index (κ1) is 9.71. The van der Waals surface area contributed by atoms with Gasteiger partial charge in [0.15, 0.2) is 0 Å². The van der Waals surface area contributed by atoms with E-state index in [2.05, 4.69) is 10.5 Å². The number of aryl methyl sites for hydroxylation is 1. The molecule has 0 aliphatic carbocycles. The molecule has 0 saturated heterocycles. The molecule has 0 atom stereocenters. The third-order valence-electron chi connectivity index (χ3n) is 2.47. The summed E-state index contributed by atoms with van der Waals surface area (Å²) in [6, 6.07) is 5.66. The molecule has 2 rings (SSSR count). The van der Waals surface area contributed by atoms with Crippen LogP contribution in [0.25, 0.3) is 0 Å². The number of hydrogen-bond donors (Lipinski definition) is 2. The number of rotatable bonds is 0. The van der Waals surface area contributed by atoms with Crippen LogP contribution in [-0.2, 0) is 4.79 Å². The van der Waals surface area contributed by atoms with Gasteiger partial charge in [-0.3, -0.25) is 4.79 Å². The summed E-state index contributed by atoms with van der Waals surface area (Å²) in [5.74, 6) is -0.0428. The Bertz CT molecular complexity index is 438. The van der Waals surface area contributed by atoms with Gasteiger partial charge in [0.2, 0.25) is 5.91 Å². The minimum atomic E-state index is -0.0428. The molecule has 0 saturated carbocycles. The van der Waals surface area contributed by atoms with E-state index >= 15 is 0 Å². The molecular formula is C11H12N2O2. The molecule has 4 heteroatoms. The number of amides is 1. The smallest absolute Gasteiger partial charge is 0.224 e. The monoisotopic (exact) mass is 204 g/mol. The fraction of sp³-hybridized carbons (Fsp3) is 0.273. The van der Waals surface area contributed by atoms with Crippen molar-refractivity contribution in [3.8, 4) is 0 Å². The summed E-state index contributed by atoms with van der Waals surface area (Å²) < 4.78 is 0. The van der Waals surface area contributed by atoms with Gasteiger partial charge in [-0.2, -0.15) is 0 Å². The Morgan fingerprint density at radius 2 is 2.20 bits per heavy atom. The van der Waals surface area contributed by atoms with Crippen molar-refractivity contribution < 1.29 is 10.0 Å². The van der Waals surface area contributed by atoms with E-state index in [4.69, 9.17) is 5.21 Å². The van der Waals surface area contributed by atoms with E-state index < -0.39 is 0 Å². The van der Waals surface area contributed by atoms with Gasteiger partial charge in [-0.1, -0.05) is 16.8 Å². The zero-order valence-electron chi connectivity index (χ0n) is 8.45. The number of nitrogens with zero attached hydrogens (tertiary/aromatic N) is 1. The number of nitrogens with one attached hydrogen (secondary N) is 1. The van der Waals surface area contributed by atoms with Crippen molar-refractivity contribution in [2.45, 2.75) is 19.8 Å². The molecule has 15 heavy (non-hydrogen) atoms. The van der Waals surface area contributed by atoms with Crippen molar-refractivity contribution in [2.75, 3.05) is 5.32 Å². The Kier molecular flexibility index (Phi) is 2.41. The first-order chi connectivity index (χ1) is 7.20. The SMILES string of the molecule is Cc1ccc2c(c1)C(=NO)CCC(=O)N2. The van der Waals surface area contributed by atoms with Crippen molar-refractivity contribution in [3.63, 3.8) is 0 Å². The third-order valence-corrected chi connectivity index (χ3v) is 2.47. The van der Waals surface area contributed by atoms with Crippen molar-refractivity contribution in [3.05, 3.63) is 29.3 Å². The highest BCUT2D eigenvalue weighted by molar-refractivity contribution is 6.11. The number of oxime groups is 1. The number of carbonyl (C=O) groups is 1. The molecule has 1 aliphatic rings. The van der Waals surface area contributed by atoms with E-state index in [1.165, 1.54) is 0 Å². The average Bonchev–Trinajstić information content (AvgIpc) is 2.37. The summed E-state index contributed by atoms with van der Waals surface area (Å²) in [5.41, 5.74) is 3.16. The van der Waals surface area contributed by atoms with Crippen LogP contribution in [0, 0.1) is 6.92 Å². The van der Waals surface area contributed by atoms with Crippen LogP contribution in [-0.4, -0.2) is 16.8 Å². The standard InChI is InChI=1S/C11H12N2O2/c1-7-2-3-9-8(6-7)10(13-15)4-5-11(14)12-9/h2-3,6,15H,4-5H2,1H3,(H,12,14). The first-order valence-electron chi connectivity index (χ1n) is 4.82. The lowest BCUT2D eigenvalue weighted by Gasteiger charge is -2.07. The lowest BCUT2D eigenvalue weighted by molar-refractivity contribution is -0.116. The zero-order valence-corrected chi connectivity index (χ0v) is 8.45. The van der Waals surface area contributed by atoms with Gasteiger partial charge in [-0.25, -0.2) is 0 Å². The maximum absolute atomic E-state index is 11.3. The number of fused-ring (bicyclic) bond motifs is 1. The van der Waals surface area contributed by atoms with Crippen LogP contribution < -0.4 is 5.32 Å². The summed E-state index contributed by atoms with van der Waals surface area (Å²) in [7, 11) is 0. The second kappa shape index (κ2) is 3.73. The second-order valence-electron chi connectivity index (χ2n) is 3.64. The highest BCUT2D eigenvalue weighted by Gasteiger charge is 2.18. The van der Waals surface area contributed by atoms with E-state index in [1.807, 2.05) is 25.1 Å². The van der Waals surface area contributed by atoms with Crippen molar-refractivity contribution in [1.29, 1.82) is 0 Å². The average molecular weight is 204 g/mol. The Labute approximate surface area is 87.6 Å². The van der Waals surface area contributed by atoms with E-state index in [0.717, 1.165) is 16.8 Å². The number of hydrogen-bond acceptors (Lipinski definition) is 3. The van der Waals surface area contributed by atoms with Crippen LogP contribution >= 0.6 is 0 Å². The molecule has 2 N–H and O–H groups in total. The van der Waals surface area contributed by atoms with Gasteiger partial charge >= 0.3 is 0 Å². The van der Waals surface area contributed by atoms with Gasteiger partial charge in [-0.15, -0.1) is 0 Å². The quantitative estimate of drug-likeness (QED) is 0.501. The van der Waals surface area contributed by atoms with E-state index in [0.29, 0.717) is 18.6 Å². The van der Waals surface area contributed by atoms with Crippen molar-refractivity contribution in [2.24, 2.45) is 5.16 Å². The fourth-order valence-electron chi connectivity index (χ4n) is 1.69. The Balaban J connectivity index is 2.55. The van der Waals surface area contributed by atoms with E-state index in [9.17, 15) is 4.79 Å². The first-order valence-corrected chi connectivity index (χ1v) is 4.82. The van der Waals surface area contributed by atoms with Gasteiger partial charge in [0.1, 0.15) is 0 Å². The molecule has 1 aromatic carbocycles. The number of anilines is 1. The molecule has 0 radical (unpaired) electrons. The third kappa shape index (κ3) is 1.83. The lowest BCUT2D eigenvalue weighted by Crippen LogP contribution is -2.09. The second-order valence-corrected chi connectivity index (χ2v) is 3.64. The summed E-state index contributed by atoms with van der Waals surface area (Å²) in [5, 5.41) is 14.9. The zero-order chi connectivity index (χ0) is 10.8. The molecule has 1 aliphatic heterocycles. The van der Waals surface area contributed by atoms with E-state index in [1.54, 1.807) is 0 Å². The molecule has 1 aromatic rings. The minimum absolute atomic E-state index is 0.0428.